The number of hydrogen-bond donors (Lipinski definition) is 4. The summed E-state index contributed by atoms with van der Waals surface area (Å²) in [5.74, 6) is -4.20. The lowest BCUT2D eigenvalue weighted by Gasteiger charge is -2.45. The van der Waals surface area contributed by atoms with Crippen LogP contribution in [0, 0.1) is 0 Å². The zero-order valence-corrected chi connectivity index (χ0v) is 9.94. The van der Waals surface area contributed by atoms with Gasteiger partial charge in [-0.2, -0.15) is 0 Å². The van der Waals surface area contributed by atoms with Crippen molar-refractivity contribution < 1.29 is 39.5 Å². The van der Waals surface area contributed by atoms with Gasteiger partial charge in [-0.3, -0.25) is 9.59 Å². The van der Waals surface area contributed by atoms with Crippen LogP contribution in [0.3, 0.4) is 0 Å². The van der Waals surface area contributed by atoms with Crippen LogP contribution >= 0.6 is 0 Å². The predicted octanol–water partition coefficient (Wildman–Crippen LogP) is -2.69. The van der Waals surface area contributed by atoms with Gasteiger partial charge in [-0.1, -0.05) is 0 Å². The molecule has 0 aromatic carbocycles. The summed E-state index contributed by atoms with van der Waals surface area (Å²) in [6.45, 7) is 1.26. The molecule has 5 atom stereocenters. The second kappa shape index (κ2) is 5.29. The Morgan fingerprint density at radius 2 is 1.78 bits per heavy atom. The van der Waals surface area contributed by atoms with E-state index in [0.717, 1.165) is 13.8 Å². The highest BCUT2D eigenvalue weighted by molar-refractivity contribution is 5.87. The molecule has 0 aromatic rings. The number of hydrogen-bond acceptors (Lipinski definition) is 8. The molecular weight excluding hydrogens is 248 g/mol. The van der Waals surface area contributed by atoms with E-state index in [2.05, 4.69) is 4.74 Å². The molecule has 1 heterocycles. The minimum absolute atomic E-state index is 0.721. The minimum atomic E-state index is -2.42. The van der Waals surface area contributed by atoms with Gasteiger partial charge in [-0.05, 0) is 0 Å². The molecule has 1 rings (SSSR count). The summed E-state index contributed by atoms with van der Waals surface area (Å²) in [5.41, 5.74) is 0. The van der Waals surface area contributed by atoms with Gasteiger partial charge in [0.05, 0.1) is 6.61 Å². The van der Waals surface area contributed by atoms with Gasteiger partial charge in [0.25, 0.3) is 0 Å². The highest BCUT2D eigenvalue weighted by Crippen LogP contribution is 2.32. The molecule has 0 aromatic heterocycles. The Morgan fingerprint density at radius 3 is 2.17 bits per heavy atom. The maximum atomic E-state index is 11.5. The number of esters is 1. The van der Waals surface area contributed by atoms with E-state index >= 15 is 0 Å². The fraction of sp³-hybridized carbons (Fsp3) is 0.800. The third kappa shape index (κ3) is 2.38. The molecule has 8 nitrogen and oxygen atoms in total. The molecule has 0 bridgehead atoms. The molecule has 1 fully saturated rings. The predicted molar refractivity (Wildman–Crippen MR) is 55.2 cm³/mol. The van der Waals surface area contributed by atoms with Crippen molar-refractivity contribution in [1.29, 1.82) is 0 Å². The number of aliphatic hydroxyl groups is 4. The number of ether oxygens (including phenoxy) is 2. The summed E-state index contributed by atoms with van der Waals surface area (Å²) in [7, 11) is 0. The standard InChI is InChI=1S/C10H16O8/c1-4(12)10(17-5(2)13)9(16)8(15)7(14)6(3-11)18-10/h6-9,11,14-16H,3H2,1-2H3/t6-,7-,8+,9+,10?/m1/s1. The summed E-state index contributed by atoms with van der Waals surface area (Å²) < 4.78 is 9.65. The Hall–Kier alpha value is -1.06. The van der Waals surface area contributed by atoms with Crippen molar-refractivity contribution in [3.8, 4) is 0 Å². The van der Waals surface area contributed by atoms with Gasteiger partial charge >= 0.3 is 11.8 Å². The number of aliphatic hydroxyl groups excluding tert-OH is 4. The van der Waals surface area contributed by atoms with Crippen molar-refractivity contribution >= 4 is 11.8 Å². The van der Waals surface area contributed by atoms with Gasteiger partial charge in [-0.25, -0.2) is 0 Å². The van der Waals surface area contributed by atoms with Crippen LogP contribution in [0.25, 0.3) is 0 Å². The number of carbonyl (C=O) groups is 2. The minimum Gasteiger partial charge on any atom is -0.422 e. The number of Topliss-reactive ketones (excluding diaryl/α,β-unsaturated/α-hetero) is 1. The summed E-state index contributed by atoms with van der Waals surface area (Å²) in [4.78, 5) is 22.5. The zero-order chi connectivity index (χ0) is 14.1. The monoisotopic (exact) mass is 264 g/mol. The van der Waals surface area contributed by atoms with Crippen molar-refractivity contribution in [1.82, 2.24) is 0 Å². The van der Waals surface area contributed by atoms with E-state index in [1.165, 1.54) is 0 Å². The zero-order valence-electron chi connectivity index (χ0n) is 9.94. The summed E-state index contributed by atoms with van der Waals surface area (Å²) in [5, 5.41) is 37.9. The Labute approximate surface area is 103 Å². The molecule has 0 aliphatic carbocycles. The van der Waals surface area contributed by atoms with Gasteiger partial charge < -0.3 is 29.9 Å². The highest BCUT2D eigenvalue weighted by atomic mass is 16.7. The lowest BCUT2D eigenvalue weighted by molar-refractivity contribution is -0.333. The number of carbonyl (C=O) groups excluding carboxylic acids is 2. The van der Waals surface area contributed by atoms with E-state index < -0.39 is 48.6 Å². The van der Waals surface area contributed by atoms with Crippen molar-refractivity contribution in [3.63, 3.8) is 0 Å². The lowest BCUT2D eigenvalue weighted by Crippen LogP contribution is -2.69. The first-order valence-electron chi connectivity index (χ1n) is 5.29. The molecule has 0 radical (unpaired) electrons. The van der Waals surface area contributed by atoms with Crippen molar-refractivity contribution in [2.24, 2.45) is 0 Å². The molecule has 0 saturated carbocycles. The molecule has 104 valence electrons. The van der Waals surface area contributed by atoms with E-state index in [9.17, 15) is 24.9 Å². The fourth-order valence-electron chi connectivity index (χ4n) is 1.80. The number of rotatable bonds is 3. The second-order valence-electron chi connectivity index (χ2n) is 4.08. The number of ketones is 1. The molecule has 18 heavy (non-hydrogen) atoms. The van der Waals surface area contributed by atoms with Crippen LogP contribution in [0.5, 0.6) is 0 Å². The average molecular weight is 264 g/mol. The molecular formula is C10H16O8. The molecule has 4 N–H and O–H groups in total. The quantitative estimate of drug-likeness (QED) is 0.405. The Balaban J connectivity index is 3.15. The second-order valence-corrected chi connectivity index (χ2v) is 4.08. The summed E-state index contributed by atoms with van der Waals surface area (Å²) in [6, 6.07) is 0. The first-order valence-corrected chi connectivity index (χ1v) is 5.29. The molecule has 8 heteroatoms. The molecule has 0 spiro atoms. The molecule has 1 aliphatic rings. The van der Waals surface area contributed by atoms with E-state index in [1.54, 1.807) is 0 Å². The average Bonchev–Trinajstić information content (AvgIpc) is 2.29. The van der Waals surface area contributed by atoms with Crippen LogP contribution in [-0.2, 0) is 19.1 Å². The maximum Gasteiger partial charge on any atom is 0.305 e. The Bertz CT molecular complexity index is 341. The topological polar surface area (TPSA) is 134 Å². The van der Waals surface area contributed by atoms with Crippen molar-refractivity contribution in [2.75, 3.05) is 6.61 Å². The largest absolute Gasteiger partial charge is 0.422 e. The first-order chi connectivity index (χ1) is 8.26. The maximum absolute atomic E-state index is 11.5. The van der Waals surface area contributed by atoms with E-state index in [0.29, 0.717) is 0 Å². The van der Waals surface area contributed by atoms with Crippen LogP contribution in [0.4, 0.5) is 0 Å². The van der Waals surface area contributed by atoms with Gasteiger partial charge in [0.2, 0.25) is 5.78 Å². The Kier molecular flexibility index (Phi) is 4.41. The van der Waals surface area contributed by atoms with E-state index in [4.69, 9.17) is 9.84 Å². The summed E-state index contributed by atoms with van der Waals surface area (Å²) in [6.07, 6.45) is -6.70. The highest BCUT2D eigenvalue weighted by Gasteiger charge is 2.59. The normalized spacial score (nSPS) is 40.3. The molecule has 0 amide bonds. The lowest BCUT2D eigenvalue weighted by atomic mass is 9.90. The SMILES string of the molecule is CC(=O)OC1(C(C)=O)O[C@H](CO)[C@@H](O)[C@H](O)[C@@H]1O. The summed E-state index contributed by atoms with van der Waals surface area (Å²) >= 11 is 0. The van der Waals surface area contributed by atoms with Gasteiger partial charge in [-0.15, -0.1) is 0 Å². The molecule has 1 saturated heterocycles. The third-order valence-corrected chi connectivity index (χ3v) is 2.74. The fourth-order valence-corrected chi connectivity index (χ4v) is 1.80. The van der Waals surface area contributed by atoms with Gasteiger partial charge in [0.15, 0.2) is 6.10 Å². The van der Waals surface area contributed by atoms with Crippen LogP contribution in [-0.4, -0.2) is 69.0 Å². The van der Waals surface area contributed by atoms with Crippen LogP contribution < -0.4 is 0 Å². The van der Waals surface area contributed by atoms with Crippen molar-refractivity contribution in [3.05, 3.63) is 0 Å². The van der Waals surface area contributed by atoms with Crippen LogP contribution in [0.15, 0.2) is 0 Å². The van der Waals surface area contributed by atoms with E-state index in [-0.39, 0.29) is 0 Å². The molecule has 1 unspecified atom stereocenters. The van der Waals surface area contributed by atoms with Crippen LogP contribution in [0.2, 0.25) is 0 Å². The van der Waals surface area contributed by atoms with Gasteiger partial charge in [0, 0.05) is 13.8 Å². The van der Waals surface area contributed by atoms with Crippen LogP contribution in [0.1, 0.15) is 13.8 Å². The first kappa shape index (κ1) is 15.0. The molecule has 1 aliphatic heterocycles. The van der Waals surface area contributed by atoms with Gasteiger partial charge in [0.1, 0.15) is 18.3 Å². The Morgan fingerprint density at radius 1 is 1.22 bits per heavy atom. The third-order valence-electron chi connectivity index (χ3n) is 2.74. The van der Waals surface area contributed by atoms with Crippen molar-refractivity contribution in [2.45, 2.75) is 44.1 Å². The smallest absolute Gasteiger partial charge is 0.305 e. The van der Waals surface area contributed by atoms with E-state index in [1.807, 2.05) is 0 Å².